The predicted molar refractivity (Wildman–Crippen MR) is 68.9 cm³/mol. The van der Waals surface area contributed by atoms with Crippen LogP contribution in [-0.4, -0.2) is 18.5 Å². The largest absolute Gasteiger partial charge is 0.348 e. The molecule has 1 amide bonds. The molecule has 110 valence electrons. The highest BCUT2D eigenvalue weighted by molar-refractivity contribution is 5.82. The molecule has 2 N–H and O–H groups in total. The maximum absolute atomic E-state index is 13.8. The first-order chi connectivity index (χ1) is 9.49. The van der Waals surface area contributed by atoms with Crippen molar-refractivity contribution in [2.75, 3.05) is 6.54 Å². The number of rotatable bonds is 4. The maximum Gasteiger partial charge on any atom is 0.263 e. The van der Waals surface area contributed by atoms with Crippen molar-refractivity contribution in [2.45, 2.75) is 38.3 Å². The number of carbonyl (C=O) groups excluding carboxylic acids is 1. The Morgan fingerprint density at radius 3 is 2.75 bits per heavy atom. The van der Waals surface area contributed by atoms with E-state index in [1.54, 1.807) is 6.92 Å². The Bertz CT molecular complexity index is 487. The molecule has 0 bridgehead atoms. The molecule has 1 aliphatic rings. The van der Waals surface area contributed by atoms with Crippen LogP contribution in [0.5, 0.6) is 0 Å². The Balaban J connectivity index is 2.05. The number of benzene rings is 1. The molecule has 2 rings (SSSR count). The molecular weight excluding hydrogens is 269 g/mol. The molecule has 1 saturated heterocycles. The van der Waals surface area contributed by atoms with Gasteiger partial charge in [0.05, 0.1) is 12.1 Å². The summed E-state index contributed by atoms with van der Waals surface area (Å²) in [5, 5.41) is 5.75. The highest BCUT2D eigenvalue weighted by atomic mass is 19.3. The predicted octanol–water partition coefficient (Wildman–Crippen LogP) is 2.69. The van der Waals surface area contributed by atoms with E-state index in [-0.39, 0.29) is 23.1 Å². The van der Waals surface area contributed by atoms with E-state index in [2.05, 4.69) is 10.6 Å². The third-order valence-corrected chi connectivity index (χ3v) is 3.48. The van der Waals surface area contributed by atoms with E-state index in [9.17, 15) is 18.0 Å². The summed E-state index contributed by atoms with van der Waals surface area (Å²) in [6.07, 6.45) is -1.01. The van der Waals surface area contributed by atoms with Crippen molar-refractivity contribution in [1.82, 2.24) is 10.6 Å². The molecule has 0 radical (unpaired) electrons. The standard InChI is InChI=1S/C14H17F3N2O/c1-8(19-14(20)12-3-2-6-18-12)10-5-4-9(13(16)17)7-11(10)15/h4-5,7-8,12-13,18H,2-3,6H2,1H3,(H,19,20)/t8-,12-/m1/s1. The Morgan fingerprint density at radius 1 is 1.45 bits per heavy atom. The molecule has 2 atom stereocenters. The number of hydrogen-bond donors (Lipinski definition) is 2. The zero-order chi connectivity index (χ0) is 14.7. The number of nitrogens with one attached hydrogen (secondary N) is 2. The first kappa shape index (κ1) is 14.8. The molecule has 3 nitrogen and oxygen atoms in total. The van der Waals surface area contributed by atoms with Crippen LogP contribution < -0.4 is 10.6 Å². The molecule has 1 fully saturated rings. The second-order valence-electron chi connectivity index (χ2n) is 4.96. The Hall–Kier alpha value is -1.56. The molecule has 20 heavy (non-hydrogen) atoms. The van der Waals surface area contributed by atoms with Crippen LogP contribution in [-0.2, 0) is 4.79 Å². The van der Waals surface area contributed by atoms with Gasteiger partial charge in [-0.3, -0.25) is 4.79 Å². The van der Waals surface area contributed by atoms with Crippen LogP contribution in [0, 0.1) is 5.82 Å². The van der Waals surface area contributed by atoms with Crippen LogP contribution in [0.2, 0.25) is 0 Å². The molecule has 0 saturated carbocycles. The van der Waals surface area contributed by atoms with Gasteiger partial charge in [-0.1, -0.05) is 12.1 Å². The second-order valence-corrected chi connectivity index (χ2v) is 4.96. The van der Waals surface area contributed by atoms with E-state index in [1.807, 2.05) is 0 Å². The topological polar surface area (TPSA) is 41.1 Å². The van der Waals surface area contributed by atoms with Crippen LogP contribution in [0.25, 0.3) is 0 Å². The first-order valence-electron chi connectivity index (χ1n) is 6.60. The van der Waals surface area contributed by atoms with E-state index in [4.69, 9.17) is 0 Å². The first-order valence-corrected chi connectivity index (χ1v) is 6.60. The van der Waals surface area contributed by atoms with E-state index in [0.717, 1.165) is 25.5 Å². The van der Waals surface area contributed by atoms with Gasteiger partial charge in [0.1, 0.15) is 5.82 Å². The average molecular weight is 286 g/mol. The SMILES string of the molecule is C[C@@H](NC(=O)[C@H]1CCCN1)c1ccc(C(F)F)cc1F. The summed E-state index contributed by atoms with van der Waals surface area (Å²) in [7, 11) is 0. The summed E-state index contributed by atoms with van der Waals surface area (Å²) in [4.78, 5) is 11.9. The third-order valence-electron chi connectivity index (χ3n) is 3.48. The minimum atomic E-state index is -2.70. The van der Waals surface area contributed by atoms with Gasteiger partial charge in [0.2, 0.25) is 5.91 Å². The lowest BCUT2D eigenvalue weighted by atomic mass is 10.0. The summed E-state index contributed by atoms with van der Waals surface area (Å²) < 4.78 is 38.7. The van der Waals surface area contributed by atoms with Gasteiger partial charge in [-0.2, -0.15) is 0 Å². The van der Waals surface area contributed by atoms with Gasteiger partial charge < -0.3 is 10.6 Å². The lowest BCUT2D eigenvalue weighted by molar-refractivity contribution is -0.123. The molecule has 1 aromatic carbocycles. The third kappa shape index (κ3) is 3.30. The Labute approximate surface area is 115 Å². The molecule has 0 aliphatic carbocycles. The van der Waals surface area contributed by atoms with Gasteiger partial charge in [0.15, 0.2) is 0 Å². The van der Waals surface area contributed by atoms with E-state index >= 15 is 0 Å². The summed E-state index contributed by atoms with van der Waals surface area (Å²) >= 11 is 0. The summed E-state index contributed by atoms with van der Waals surface area (Å²) in [5.74, 6) is -0.915. The van der Waals surface area contributed by atoms with Crippen LogP contribution in [0.1, 0.15) is 43.4 Å². The molecule has 1 heterocycles. The molecule has 0 aromatic heterocycles. The molecule has 0 unspecified atom stereocenters. The minimum absolute atomic E-state index is 0.188. The van der Waals surface area contributed by atoms with Crippen molar-refractivity contribution in [2.24, 2.45) is 0 Å². The molecule has 1 aromatic rings. The average Bonchev–Trinajstić information content (AvgIpc) is 2.92. The van der Waals surface area contributed by atoms with E-state index < -0.39 is 18.3 Å². The van der Waals surface area contributed by atoms with Crippen molar-refractivity contribution in [1.29, 1.82) is 0 Å². The molecule has 1 aliphatic heterocycles. The van der Waals surface area contributed by atoms with Gasteiger partial charge >= 0.3 is 0 Å². The van der Waals surface area contributed by atoms with Crippen molar-refractivity contribution in [3.8, 4) is 0 Å². The fraction of sp³-hybridized carbons (Fsp3) is 0.500. The van der Waals surface area contributed by atoms with Gasteiger partial charge in [0, 0.05) is 11.1 Å². The van der Waals surface area contributed by atoms with Gasteiger partial charge in [-0.15, -0.1) is 0 Å². The minimum Gasteiger partial charge on any atom is -0.348 e. The molecule has 6 heteroatoms. The lowest BCUT2D eigenvalue weighted by Crippen LogP contribution is -2.41. The van der Waals surface area contributed by atoms with Crippen LogP contribution in [0.3, 0.4) is 0 Å². The van der Waals surface area contributed by atoms with Crippen molar-refractivity contribution in [3.63, 3.8) is 0 Å². The van der Waals surface area contributed by atoms with E-state index in [1.165, 1.54) is 12.1 Å². The van der Waals surface area contributed by atoms with Crippen molar-refractivity contribution >= 4 is 5.91 Å². The summed E-state index contributed by atoms with van der Waals surface area (Å²) in [5.41, 5.74) is -0.150. The fourth-order valence-electron chi connectivity index (χ4n) is 2.33. The lowest BCUT2D eigenvalue weighted by Gasteiger charge is -2.18. The second kappa shape index (κ2) is 6.26. The molecule has 0 spiro atoms. The van der Waals surface area contributed by atoms with Gasteiger partial charge in [-0.05, 0) is 32.4 Å². The number of halogens is 3. The number of alkyl halides is 2. The highest BCUT2D eigenvalue weighted by Crippen LogP contribution is 2.24. The zero-order valence-electron chi connectivity index (χ0n) is 11.1. The highest BCUT2D eigenvalue weighted by Gasteiger charge is 2.24. The number of carbonyl (C=O) groups is 1. The Morgan fingerprint density at radius 2 is 2.20 bits per heavy atom. The summed E-state index contributed by atoms with van der Waals surface area (Å²) in [6, 6.07) is 2.48. The quantitative estimate of drug-likeness (QED) is 0.893. The van der Waals surface area contributed by atoms with Gasteiger partial charge in [-0.25, -0.2) is 13.2 Å². The normalized spacial score (nSPS) is 20.1. The van der Waals surface area contributed by atoms with Crippen molar-refractivity contribution in [3.05, 3.63) is 35.1 Å². The van der Waals surface area contributed by atoms with Crippen LogP contribution >= 0.6 is 0 Å². The Kier molecular flexibility index (Phi) is 4.65. The zero-order valence-corrected chi connectivity index (χ0v) is 11.1. The van der Waals surface area contributed by atoms with Crippen molar-refractivity contribution < 1.29 is 18.0 Å². The monoisotopic (exact) mass is 286 g/mol. The maximum atomic E-state index is 13.8. The fourth-order valence-corrected chi connectivity index (χ4v) is 2.33. The van der Waals surface area contributed by atoms with Gasteiger partial charge in [0.25, 0.3) is 6.43 Å². The number of hydrogen-bond acceptors (Lipinski definition) is 2. The molecular formula is C14H17F3N2O. The van der Waals surface area contributed by atoms with Crippen LogP contribution in [0.4, 0.5) is 13.2 Å². The van der Waals surface area contributed by atoms with Crippen LogP contribution in [0.15, 0.2) is 18.2 Å². The number of amides is 1. The summed E-state index contributed by atoms with van der Waals surface area (Å²) in [6.45, 7) is 2.43. The van der Waals surface area contributed by atoms with E-state index in [0.29, 0.717) is 0 Å². The smallest absolute Gasteiger partial charge is 0.263 e.